The van der Waals surface area contributed by atoms with Crippen molar-refractivity contribution in [3.05, 3.63) is 17.5 Å². The monoisotopic (exact) mass is 253 g/mol. The lowest BCUT2D eigenvalue weighted by molar-refractivity contribution is -0.0786. The molecule has 6 heteroatoms. The predicted molar refractivity (Wildman–Crippen MR) is 65.0 cm³/mol. The van der Waals surface area contributed by atoms with Crippen molar-refractivity contribution < 1.29 is 14.7 Å². The molecule has 6 nitrogen and oxygen atoms in total. The van der Waals surface area contributed by atoms with Gasteiger partial charge in [0.25, 0.3) is 5.91 Å². The summed E-state index contributed by atoms with van der Waals surface area (Å²) in [4.78, 5) is 17.4. The summed E-state index contributed by atoms with van der Waals surface area (Å²) in [7, 11) is 0. The molecule has 0 unspecified atom stereocenters. The van der Waals surface area contributed by atoms with Gasteiger partial charge < -0.3 is 5.11 Å². The highest BCUT2D eigenvalue weighted by molar-refractivity contribution is 5.92. The fourth-order valence-corrected chi connectivity index (χ4v) is 1.87. The van der Waals surface area contributed by atoms with E-state index in [1.165, 1.54) is 5.06 Å². The number of β-amino-alcohol motifs (C(OH)–C–C–N with tert-alkyl or cyclic N) is 1. The number of rotatable bonds is 3. The number of carbonyl (C=O) groups excluding carboxylic acids is 1. The lowest BCUT2D eigenvalue weighted by Crippen LogP contribution is -2.30. The molecule has 0 bridgehead atoms. The number of amides is 1. The molecule has 1 atom stereocenters. The van der Waals surface area contributed by atoms with Crippen molar-refractivity contribution in [2.75, 3.05) is 13.2 Å². The maximum absolute atomic E-state index is 12.2. The van der Waals surface area contributed by atoms with Crippen LogP contribution in [0.3, 0.4) is 0 Å². The highest BCUT2D eigenvalue weighted by atomic mass is 16.7. The average molecular weight is 253 g/mol. The second-order valence-electron chi connectivity index (χ2n) is 4.74. The van der Waals surface area contributed by atoms with Crippen molar-refractivity contribution in [2.24, 2.45) is 0 Å². The van der Waals surface area contributed by atoms with E-state index >= 15 is 0 Å². The lowest BCUT2D eigenvalue weighted by Gasteiger charge is -2.13. The fourth-order valence-electron chi connectivity index (χ4n) is 1.87. The van der Waals surface area contributed by atoms with Crippen molar-refractivity contribution in [2.45, 2.75) is 39.3 Å². The first-order valence-electron chi connectivity index (χ1n) is 6.23. The van der Waals surface area contributed by atoms with E-state index in [4.69, 9.17) is 4.84 Å². The molecule has 1 amide bonds. The van der Waals surface area contributed by atoms with E-state index in [1.54, 1.807) is 10.7 Å². The minimum Gasteiger partial charge on any atom is -0.389 e. The number of aliphatic hydroxyl groups excluding tert-OH is 1. The van der Waals surface area contributed by atoms with Crippen LogP contribution >= 0.6 is 0 Å². The minimum absolute atomic E-state index is 0.170. The van der Waals surface area contributed by atoms with Gasteiger partial charge in [0, 0.05) is 6.54 Å². The summed E-state index contributed by atoms with van der Waals surface area (Å²) in [6, 6.07) is 1.80. The first-order valence-corrected chi connectivity index (χ1v) is 6.23. The third-order valence-electron chi connectivity index (χ3n) is 2.93. The van der Waals surface area contributed by atoms with Gasteiger partial charge in [-0.3, -0.25) is 14.3 Å². The molecule has 0 aliphatic carbocycles. The van der Waals surface area contributed by atoms with E-state index in [0.29, 0.717) is 12.2 Å². The Bertz CT molecular complexity index is 442. The van der Waals surface area contributed by atoms with Crippen LogP contribution in [0.15, 0.2) is 6.07 Å². The summed E-state index contributed by atoms with van der Waals surface area (Å²) in [6.45, 7) is 7.02. The number of hydrogen-bond donors (Lipinski definition) is 1. The third kappa shape index (κ3) is 2.39. The Morgan fingerprint density at radius 2 is 2.39 bits per heavy atom. The Hall–Kier alpha value is -1.40. The fraction of sp³-hybridized carbons (Fsp3) is 0.667. The molecule has 0 radical (unpaired) electrons. The summed E-state index contributed by atoms with van der Waals surface area (Å²) in [6.07, 6.45) is -0.600. The molecule has 2 heterocycles. The third-order valence-corrected chi connectivity index (χ3v) is 2.93. The lowest BCUT2D eigenvalue weighted by atomic mass is 10.1. The molecular weight excluding hydrogens is 234 g/mol. The molecule has 1 aliphatic rings. The van der Waals surface area contributed by atoms with Gasteiger partial charge in [0.1, 0.15) is 18.4 Å². The molecule has 1 fully saturated rings. The predicted octanol–water partition coefficient (Wildman–Crippen LogP) is 0.775. The molecule has 1 aromatic rings. The van der Waals surface area contributed by atoms with Crippen molar-refractivity contribution in [1.82, 2.24) is 14.8 Å². The van der Waals surface area contributed by atoms with Crippen LogP contribution in [-0.2, 0) is 11.4 Å². The molecule has 0 aromatic carbocycles. The SMILES string of the molecule is CCn1nc(C(C)C)cc1C(=O)N1C[C@H](O)CO1. The first-order chi connectivity index (χ1) is 8.52. The Balaban J connectivity index is 2.23. The van der Waals surface area contributed by atoms with E-state index in [9.17, 15) is 9.90 Å². The quantitative estimate of drug-likeness (QED) is 0.864. The topological polar surface area (TPSA) is 67.6 Å². The minimum atomic E-state index is -0.600. The normalized spacial score (nSPS) is 19.8. The van der Waals surface area contributed by atoms with Gasteiger partial charge in [-0.15, -0.1) is 0 Å². The molecule has 1 N–H and O–H groups in total. The summed E-state index contributed by atoms with van der Waals surface area (Å²) in [5.74, 6) is 0.0298. The first kappa shape index (κ1) is 13.0. The Kier molecular flexibility index (Phi) is 3.68. The van der Waals surface area contributed by atoms with Gasteiger partial charge in [-0.2, -0.15) is 5.10 Å². The van der Waals surface area contributed by atoms with Crippen LogP contribution < -0.4 is 0 Å². The number of aliphatic hydroxyl groups is 1. The molecular formula is C12H19N3O3. The summed E-state index contributed by atoms with van der Waals surface area (Å²) in [5, 5.41) is 15.0. The van der Waals surface area contributed by atoms with E-state index in [2.05, 4.69) is 5.10 Å². The van der Waals surface area contributed by atoms with Gasteiger partial charge in [-0.1, -0.05) is 13.8 Å². The van der Waals surface area contributed by atoms with Crippen LogP contribution in [0.4, 0.5) is 0 Å². The van der Waals surface area contributed by atoms with Gasteiger partial charge in [-0.25, -0.2) is 5.06 Å². The van der Waals surface area contributed by atoms with Crippen LogP contribution in [-0.4, -0.2) is 45.1 Å². The zero-order valence-electron chi connectivity index (χ0n) is 11.0. The zero-order valence-corrected chi connectivity index (χ0v) is 11.0. The Labute approximate surface area is 106 Å². The molecule has 1 saturated heterocycles. The van der Waals surface area contributed by atoms with E-state index in [0.717, 1.165) is 5.69 Å². The van der Waals surface area contributed by atoms with Crippen molar-refractivity contribution in [3.8, 4) is 0 Å². The highest BCUT2D eigenvalue weighted by Crippen LogP contribution is 2.17. The van der Waals surface area contributed by atoms with Crippen LogP contribution in [0.2, 0.25) is 0 Å². The number of nitrogens with zero attached hydrogens (tertiary/aromatic N) is 3. The van der Waals surface area contributed by atoms with Gasteiger partial charge in [0.15, 0.2) is 0 Å². The summed E-state index contributed by atoms with van der Waals surface area (Å²) >= 11 is 0. The summed E-state index contributed by atoms with van der Waals surface area (Å²) < 4.78 is 1.67. The molecule has 1 aromatic heterocycles. The molecule has 0 spiro atoms. The average Bonchev–Trinajstić information content (AvgIpc) is 2.93. The smallest absolute Gasteiger partial charge is 0.295 e. The molecule has 1 aliphatic heterocycles. The molecule has 18 heavy (non-hydrogen) atoms. The molecule has 100 valence electrons. The number of carbonyl (C=O) groups is 1. The molecule has 2 rings (SSSR count). The van der Waals surface area contributed by atoms with Crippen LogP contribution in [0, 0.1) is 0 Å². The summed E-state index contributed by atoms with van der Waals surface area (Å²) in [5.41, 5.74) is 1.40. The Morgan fingerprint density at radius 3 is 2.89 bits per heavy atom. The standard InChI is InChI=1S/C12H19N3O3/c1-4-14-11(5-10(13-14)8(2)3)12(17)15-6-9(16)7-18-15/h5,8-9,16H,4,6-7H2,1-3H3/t9-/m0/s1. The van der Waals surface area contributed by atoms with Crippen LogP contribution in [0.5, 0.6) is 0 Å². The van der Waals surface area contributed by atoms with E-state index < -0.39 is 6.10 Å². The largest absolute Gasteiger partial charge is 0.389 e. The van der Waals surface area contributed by atoms with E-state index in [1.807, 2.05) is 20.8 Å². The van der Waals surface area contributed by atoms with Gasteiger partial charge in [0.05, 0.1) is 12.2 Å². The number of hydrogen-bond acceptors (Lipinski definition) is 4. The number of hydroxylamine groups is 2. The van der Waals surface area contributed by atoms with E-state index in [-0.39, 0.29) is 25.0 Å². The molecule has 0 saturated carbocycles. The van der Waals surface area contributed by atoms with Crippen LogP contribution in [0.1, 0.15) is 42.9 Å². The van der Waals surface area contributed by atoms with Gasteiger partial charge in [-0.05, 0) is 18.9 Å². The van der Waals surface area contributed by atoms with Gasteiger partial charge in [0.2, 0.25) is 0 Å². The van der Waals surface area contributed by atoms with Crippen molar-refractivity contribution in [3.63, 3.8) is 0 Å². The number of aryl methyl sites for hydroxylation is 1. The highest BCUT2D eigenvalue weighted by Gasteiger charge is 2.29. The van der Waals surface area contributed by atoms with Crippen molar-refractivity contribution in [1.29, 1.82) is 0 Å². The van der Waals surface area contributed by atoms with Crippen molar-refractivity contribution >= 4 is 5.91 Å². The Morgan fingerprint density at radius 1 is 1.67 bits per heavy atom. The second kappa shape index (κ2) is 5.07. The van der Waals surface area contributed by atoms with Gasteiger partial charge >= 0.3 is 0 Å². The number of aromatic nitrogens is 2. The second-order valence-corrected chi connectivity index (χ2v) is 4.74. The van der Waals surface area contributed by atoms with Crippen LogP contribution in [0.25, 0.3) is 0 Å². The zero-order chi connectivity index (χ0) is 13.3. The maximum Gasteiger partial charge on any atom is 0.295 e. The maximum atomic E-state index is 12.2.